The number of halogens is 1. The van der Waals surface area contributed by atoms with E-state index in [1.165, 1.54) is 44.9 Å². The van der Waals surface area contributed by atoms with Gasteiger partial charge in [0.1, 0.15) is 0 Å². The smallest absolute Gasteiger partial charge is 0.191 e. The predicted molar refractivity (Wildman–Crippen MR) is 128 cm³/mol. The average Bonchev–Trinajstić information content (AvgIpc) is 3.53. The summed E-state index contributed by atoms with van der Waals surface area (Å²) in [4.78, 5) is 9.79. The van der Waals surface area contributed by atoms with E-state index >= 15 is 0 Å². The summed E-state index contributed by atoms with van der Waals surface area (Å²) in [6, 6.07) is 1.44. The van der Waals surface area contributed by atoms with Gasteiger partial charge in [0.2, 0.25) is 0 Å². The molecule has 2 N–H and O–H groups in total. The number of morpholine rings is 1. The minimum atomic E-state index is 0. The lowest BCUT2D eigenvalue weighted by Gasteiger charge is -2.48. The van der Waals surface area contributed by atoms with Crippen molar-refractivity contribution in [1.82, 2.24) is 20.4 Å². The van der Waals surface area contributed by atoms with Crippen LogP contribution in [0.2, 0.25) is 0 Å². The molecule has 1 saturated heterocycles. The summed E-state index contributed by atoms with van der Waals surface area (Å²) >= 11 is 0. The van der Waals surface area contributed by atoms with Crippen LogP contribution in [0, 0.1) is 0 Å². The molecule has 0 atom stereocenters. The van der Waals surface area contributed by atoms with Crippen LogP contribution >= 0.6 is 24.0 Å². The van der Waals surface area contributed by atoms with Crippen molar-refractivity contribution in [1.29, 1.82) is 0 Å². The van der Waals surface area contributed by atoms with Gasteiger partial charge < -0.3 is 15.4 Å². The van der Waals surface area contributed by atoms with Crippen LogP contribution in [0.3, 0.4) is 0 Å². The Bertz CT molecular complexity index is 469. The second-order valence-corrected chi connectivity index (χ2v) is 8.80. The molecule has 0 radical (unpaired) electrons. The molecular weight excluding hydrogens is 465 g/mol. The van der Waals surface area contributed by atoms with Gasteiger partial charge in [-0.2, -0.15) is 0 Å². The molecule has 6 nitrogen and oxygen atoms in total. The maximum Gasteiger partial charge on any atom is 0.191 e. The standard InChI is InChI=1S/C21H41N5O.HI/c1-18(2)26(19-7-8-19)12-11-23-20(22-3)24-17-21(9-5-4-6-10-21)25-13-15-27-16-14-25;/h18-19H,4-17H2,1-3H3,(H2,22,23,24);1H. The fourth-order valence-corrected chi connectivity index (χ4v) is 4.89. The first-order chi connectivity index (χ1) is 13.1. The van der Waals surface area contributed by atoms with Crippen molar-refractivity contribution in [3.05, 3.63) is 0 Å². The Balaban J connectivity index is 0.00000280. The maximum absolute atomic E-state index is 5.60. The largest absolute Gasteiger partial charge is 0.379 e. The Kier molecular flexibility index (Phi) is 10.3. The SMILES string of the molecule is CN=C(NCCN(C(C)C)C1CC1)NCC1(N2CCOCC2)CCCCC1.I. The molecule has 1 aliphatic heterocycles. The molecule has 0 aromatic carbocycles. The van der Waals surface area contributed by atoms with Crippen LogP contribution in [-0.2, 0) is 4.74 Å². The summed E-state index contributed by atoms with van der Waals surface area (Å²) in [5.41, 5.74) is 0.275. The van der Waals surface area contributed by atoms with Crippen LogP contribution in [0.15, 0.2) is 4.99 Å². The van der Waals surface area contributed by atoms with Gasteiger partial charge in [-0.25, -0.2) is 0 Å². The van der Waals surface area contributed by atoms with Gasteiger partial charge in [-0.05, 0) is 39.5 Å². The fourth-order valence-electron chi connectivity index (χ4n) is 4.89. The van der Waals surface area contributed by atoms with Gasteiger partial charge in [0, 0.05) is 57.4 Å². The quantitative estimate of drug-likeness (QED) is 0.301. The van der Waals surface area contributed by atoms with E-state index in [0.29, 0.717) is 6.04 Å². The van der Waals surface area contributed by atoms with Crippen LogP contribution in [0.4, 0.5) is 0 Å². The van der Waals surface area contributed by atoms with Gasteiger partial charge in [-0.1, -0.05) is 19.3 Å². The minimum absolute atomic E-state index is 0. The first-order valence-electron chi connectivity index (χ1n) is 11.2. The van der Waals surface area contributed by atoms with E-state index in [1.807, 2.05) is 7.05 Å². The molecule has 3 rings (SSSR count). The third-order valence-corrected chi connectivity index (χ3v) is 6.62. The summed E-state index contributed by atoms with van der Waals surface area (Å²) < 4.78 is 5.60. The van der Waals surface area contributed by atoms with Gasteiger partial charge in [-0.3, -0.25) is 14.8 Å². The van der Waals surface area contributed by atoms with Crippen molar-refractivity contribution in [2.75, 3.05) is 53.0 Å². The van der Waals surface area contributed by atoms with Crippen molar-refractivity contribution in [3.63, 3.8) is 0 Å². The summed E-state index contributed by atoms with van der Waals surface area (Å²) in [5.74, 6) is 0.952. The summed E-state index contributed by atoms with van der Waals surface area (Å²) in [6.07, 6.45) is 9.39. The van der Waals surface area contributed by atoms with E-state index in [9.17, 15) is 0 Å². The summed E-state index contributed by atoms with van der Waals surface area (Å²) in [7, 11) is 1.89. The number of hydrogen-bond donors (Lipinski definition) is 2. The first kappa shape index (κ1) is 24.2. The Morgan fingerprint density at radius 1 is 1.14 bits per heavy atom. The highest BCUT2D eigenvalue weighted by atomic mass is 127. The second kappa shape index (κ2) is 11.9. The molecule has 0 amide bonds. The van der Waals surface area contributed by atoms with E-state index in [0.717, 1.165) is 57.9 Å². The molecule has 0 bridgehead atoms. The first-order valence-corrected chi connectivity index (χ1v) is 11.2. The second-order valence-electron chi connectivity index (χ2n) is 8.80. The predicted octanol–water partition coefficient (Wildman–Crippen LogP) is 2.68. The topological polar surface area (TPSA) is 52.1 Å². The van der Waals surface area contributed by atoms with Crippen LogP contribution in [0.1, 0.15) is 58.8 Å². The van der Waals surface area contributed by atoms with E-state index in [2.05, 4.69) is 39.3 Å². The Labute approximate surface area is 189 Å². The lowest BCUT2D eigenvalue weighted by atomic mass is 9.80. The lowest BCUT2D eigenvalue weighted by molar-refractivity contribution is -0.0352. The molecule has 0 spiro atoms. The number of aliphatic imine (C=N–C) groups is 1. The molecule has 0 unspecified atom stereocenters. The number of nitrogens with one attached hydrogen (secondary N) is 2. The zero-order chi connectivity index (χ0) is 19.1. The van der Waals surface area contributed by atoms with E-state index in [1.54, 1.807) is 0 Å². The number of hydrogen-bond acceptors (Lipinski definition) is 4. The molecule has 7 heteroatoms. The number of rotatable bonds is 8. The van der Waals surface area contributed by atoms with Gasteiger partial charge >= 0.3 is 0 Å². The van der Waals surface area contributed by atoms with Gasteiger partial charge in [0.05, 0.1) is 13.2 Å². The normalized spacial score (nSPS) is 23.5. The Morgan fingerprint density at radius 2 is 1.82 bits per heavy atom. The Morgan fingerprint density at radius 3 is 2.39 bits per heavy atom. The van der Waals surface area contributed by atoms with Crippen molar-refractivity contribution in [2.24, 2.45) is 4.99 Å². The monoisotopic (exact) mass is 507 g/mol. The molecule has 2 saturated carbocycles. The molecule has 2 aliphatic carbocycles. The van der Waals surface area contributed by atoms with Crippen LogP contribution in [0.5, 0.6) is 0 Å². The third-order valence-electron chi connectivity index (χ3n) is 6.62. The van der Waals surface area contributed by atoms with E-state index in [4.69, 9.17) is 4.74 Å². The average molecular weight is 508 g/mol. The number of guanidine groups is 1. The molecule has 28 heavy (non-hydrogen) atoms. The fraction of sp³-hybridized carbons (Fsp3) is 0.952. The molecule has 1 heterocycles. The molecular formula is C21H42IN5O. The van der Waals surface area contributed by atoms with Crippen molar-refractivity contribution in [3.8, 4) is 0 Å². The maximum atomic E-state index is 5.60. The summed E-state index contributed by atoms with van der Waals surface area (Å²) in [5, 5.41) is 7.21. The molecule has 3 fully saturated rings. The molecule has 3 aliphatic rings. The zero-order valence-electron chi connectivity index (χ0n) is 18.2. The van der Waals surface area contributed by atoms with Gasteiger partial charge in [-0.15, -0.1) is 24.0 Å². The van der Waals surface area contributed by atoms with Crippen LogP contribution < -0.4 is 10.6 Å². The Hall–Kier alpha value is -0.120. The lowest BCUT2D eigenvalue weighted by Crippen LogP contribution is -2.60. The van der Waals surface area contributed by atoms with Gasteiger partial charge in [0.15, 0.2) is 5.96 Å². The van der Waals surface area contributed by atoms with Crippen LogP contribution in [0.25, 0.3) is 0 Å². The molecule has 0 aromatic rings. The van der Waals surface area contributed by atoms with Crippen molar-refractivity contribution >= 4 is 29.9 Å². The number of ether oxygens (including phenoxy) is 1. The third kappa shape index (κ3) is 6.71. The highest BCUT2D eigenvalue weighted by molar-refractivity contribution is 14.0. The highest BCUT2D eigenvalue weighted by Gasteiger charge is 2.38. The molecule has 0 aromatic heterocycles. The van der Waals surface area contributed by atoms with Crippen molar-refractivity contribution < 1.29 is 4.74 Å². The minimum Gasteiger partial charge on any atom is -0.379 e. The van der Waals surface area contributed by atoms with E-state index < -0.39 is 0 Å². The van der Waals surface area contributed by atoms with Crippen LogP contribution in [-0.4, -0.2) is 86.4 Å². The highest BCUT2D eigenvalue weighted by Crippen LogP contribution is 2.33. The van der Waals surface area contributed by atoms with Gasteiger partial charge in [0.25, 0.3) is 0 Å². The number of nitrogens with zero attached hydrogens (tertiary/aromatic N) is 3. The molecule has 164 valence electrons. The zero-order valence-corrected chi connectivity index (χ0v) is 20.5. The summed E-state index contributed by atoms with van der Waals surface area (Å²) in [6.45, 7) is 11.5. The van der Waals surface area contributed by atoms with Crippen molar-refractivity contribution in [2.45, 2.75) is 76.4 Å². The van der Waals surface area contributed by atoms with E-state index in [-0.39, 0.29) is 29.5 Å².